The van der Waals surface area contributed by atoms with Crippen LogP contribution in [0.25, 0.3) is 0 Å². The quantitative estimate of drug-likeness (QED) is 0.519. The van der Waals surface area contributed by atoms with Crippen molar-refractivity contribution in [1.82, 2.24) is 4.67 Å². The number of rotatable bonds is 2. The normalized spacial score (nSPS) is 21.4. The average molecular weight is 212 g/mol. The highest BCUT2D eigenvalue weighted by atomic mass is 28.3. The van der Waals surface area contributed by atoms with E-state index >= 15 is 0 Å². The Bertz CT molecular complexity index is 255. The van der Waals surface area contributed by atoms with Crippen LogP contribution in [0.1, 0.15) is 25.7 Å². The number of carbonyl (C=O) groups is 1. The van der Waals surface area contributed by atoms with Gasteiger partial charge in [-0.05, 0) is 19.3 Å². The summed E-state index contributed by atoms with van der Waals surface area (Å²) in [6, 6.07) is 0. The molecule has 0 spiro atoms. The molecule has 0 heterocycles. The summed E-state index contributed by atoms with van der Waals surface area (Å²) in [5.41, 5.74) is 0.793. The van der Waals surface area contributed by atoms with Gasteiger partial charge in [0, 0.05) is 13.5 Å². The van der Waals surface area contributed by atoms with Crippen LogP contribution in [0.2, 0.25) is 19.6 Å². The second kappa shape index (κ2) is 4.25. The predicted octanol–water partition coefficient (Wildman–Crippen LogP) is 2.25. The summed E-state index contributed by atoms with van der Waals surface area (Å²) in [5, 5.41) is 4.45. The van der Waals surface area contributed by atoms with E-state index in [-0.39, 0.29) is 5.78 Å². The Hall–Kier alpha value is -0.643. The van der Waals surface area contributed by atoms with Crippen molar-refractivity contribution in [3.05, 3.63) is 0 Å². The number of carbonyl (C=O) groups excluding carboxylic acids is 1. The maximum Gasteiger partial charge on any atom is 0.178 e. The van der Waals surface area contributed by atoms with Gasteiger partial charge in [0.15, 0.2) is 14.0 Å². The van der Waals surface area contributed by atoms with Crippen LogP contribution in [0.3, 0.4) is 0 Å². The van der Waals surface area contributed by atoms with Crippen LogP contribution in [0, 0.1) is 0 Å². The third kappa shape index (κ3) is 2.94. The van der Waals surface area contributed by atoms with Crippen LogP contribution in [0.4, 0.5) is 0 Å². The minimum atomic E-state index is -1.38. The third-order valence-corrected chi connectivity index (χ3v) is 4.67. The molecule has 0 saturated heterocycles. The van der Waals surface area contributed by atoms with Crippen LogP contribution >= 0.6 is 0 Å². The molecule has 0 atom stereocenters. The molecular formula is C10H20N2OSi. The fourth-order valence-electron chi connectivity index (χ4n) is 1.30. The second-order valence-electron chi connectivity index (χ2n) is 4.87. The van der Waals surface area contributed by atoms with E-state index in [0.717, 1.165) is 25.0 Å². The Balaban J connectivity index is 2.71. The molecule has 0 aliphatic heterocycles. The summed E-state index contributed by atoms with van der Waals surface area (Å²) in [4.78, 5) is 11.5. The van der Waals surface area contributed by atoms with Gasteiger partial charge in [-0.1, -0.05) is 19.6 Å². The van der Waals surface area contributed by atoms with E-state index in [9.17, 15) is 4.79 Å². The van der Waals surface area contributed by atoms with Gasteiger partial charge in [0.1, 0.15) is 5.71 Å². The van der Waals surface area contributed by atoms with Crippen molar-refractivity contribution in [2.24, 2.45) is 5.10 Å². The van der Waals surface area contributed by atoms with Gasteiger partial charge in [0.2, 0.25) is 0 Å². The minimum absolute atomic E-state index is 0.251. The molecule has 0 aromatic heterocycles. The summed E-state index contributed by atoms with van der Waals surface area (Å²) in [6.07, 6.45) is 3.71. The highest BCUT2D eigenvalue weighted by Crippen LogP contribution is 2.14. The Morgan fingerprint density at radius 3 is 2.29 bits per heavy atom. The van der Waals surface area contributed by atoms with Gasteiger partial charge in [-0.3, -0.25) is 4.79 Å². The van der Waals surface area contributed by atoms with Crippen molar-refractivity contribution >= 4 is 19.7 Å². The largest absolute Gasteiger partial charge is 0.327 e. The first-order valence-corrected chi connectivity index (χ1v) is 8.70. The van der Waals surface area contributed by atoms with Crippen molar-refractivity contribution < 1.29 is 4.79 Å². The Morgan fingerprint density at radius 2 is 1.79 bits per heavy atom. The van der Waals surface area contributed by atoms with E-state index in [1.54, 1.807) is 0 Å². The predicted molar refractivity (Wildman–Crippen MR) is 62.0 cm³/mol. The third-order valence-electron chi connectivity index (χ3n) is 2.63. The summed E-state index contributed by atoms with van der Waals surface area (Å²) in [6.45, 7) is 6.68. The number of ketones is 1. The monoisotopic (exact) mass is 212 g/mol. The van der Waals surface area contributed by atoms with Crippen molar-refractivity contribution in [2.45, 2.75) is 45.3 Å². The van der Waals surface area contributed by atoms with Crippen LogP contribution in [0.5, 0.6) is 0 Å². The molecule has 1 saturated carbocycles. The number of Topliss-reactive ketones (excluding diaryl/α,β-unsaturated/α-hetero) is 1. The lowest BCUT2D eigenvalue weighted by molar-refractivity contribution is -0.113. The zero-order chi connectivity index (χ0) is 10.8. The maximum atomic E-state index is 11.5. The molecule has 1 aliphatic rings. The van der Waals surface area contributed by atoms with Crippen LogP contribution in [0.15, 0.2) is 5.10 Å². The molecule has 3 nitrogen and oxygen atoms in total. The second-order valence-corrected chi connectivity index (χ2v) is 9.86. The van der Waals surface area contributed by atoms with Crippen LogP contribution in [-0.4, -0.2) is 31.5 Å². The molecule has 1 aliphatic carbocycles. The molecule has 0 aromatic carbocycles. The Kier molecular flexibility index (Phi) is 3.47. The van der Waals surface area contributed by atoms with E-state index in [4.69, 9.17) is 0 Å². The molecule has 0 N–H and O–H groups in total. The smallest absolute Gasteiger partial charge is 0.178 e. The summed E-state index contributed by atoms with van der Waals surface area (Å²) < 4.78 is 2.02. The molecule has 1 rings (SSSR count). The lowest BCUT2D eigenvalue weighted by atomic mass is 9.97. The highest BCUT2D eigenvalue weighted by molar-refractivity contribution is 6.73. The van der Waals surface area contributed by atoms with Crippen molar-refractivity contribution in [2.75, 3.05) is 7.05 Å². The molecule has 4 heteroatoms. The molecule has 0 bridgehead atoms. The molecule has 0 radical (unpaired) electrons. The zero-order valence-electron chi connectivity index (χ0n) is 9.63. The lowest BCUT2D eigenvalue weighted by Crippen LogP contribution is -2.40. The molecule has 1 fully saturated rings. The van der Waals surface area contributed by atoms with Gasteiger partial charge in [0.25, 0.3) is 0 Å². The van der Waals surface area contributed by atoms with E-state index in [2.05, 4.69) is 24.7 Å². The molecular weight excluding hydrogens is 192 g/mol. The topological polar surface area (TPSA) is 32.7 Å². The first-order chi connectivity index (χ1) is 6.41. The molecule has 14 heavy (non-hydrogen) atoms. The van der Waals surface area contributed by atoms with Gasteiger partial charge in [-0.15, -0.1) is 0 Å². The number of hydrogen-bond donors (Lipinski definition) is 0. The summed E-state index contributed by atoms with van der Waals surface area (Å²) in [5.74, 6) is 0.251. The van der Waals surface area contributed by atoms with Gasteiger partial charge in [-0.25, -0.2) is 0 Å². The van der Waals surface area contributed by atoms with Gasteiger partial charge in [0.05, 0.1) is 0 Å². The summed E-state index contributed by atoms with van der Waals surface area (Å²) in [7, 11) is 0.607. The van der Waals surface area contributed by atoms with E-state index in [1.807, 2.05) is 11.7 Å². The molecule has 0 amide bonds. The fraction of sp³-hybridized carbons (Fsp3) is 0.800. The summed E-state index contributed by atoms with van der Waals surface area (Å²) >= 11 is 0. The number of hydrazone groups is 1. The van der Waals surface area contributed by atoms with Crippen molar-refractivity contribution in [3.8, 4) is 0 Å². The first kappa shape index (κ1) is 11.4. The standard InChI is InChI=1S/C10H20N2OSi/c1-12(14(2,3)4)11-9-7-5-6-8-10(9)13/h5-8H2,1-4H3. The zero-order valence-corrected chi connectivity index (χ0v) is 10.6. The van der Waals surface area contributed by atoms with Gasteiger partial charge >= 0.3 is 0 Å². The van der Waals surface area contributed by atoms with E-state index in [1.165, 1.54) is 0 Å². The number of nitrogens with zero attached hydrogens (tertiary/aromatic N) is 2. The SMILES string of the molecule is CN(N=C1CCCCC1=O)[Si](C)(C)C. The van der Waals surface area contributed by atoms with Gasteiger partial charge in [-0.2, -0.15) is 5.10 Å². The van der Waals surface area contributed by atoms with E-state index in [0.29, 0.717) is 6.42 Å². The molecule has 0 aromatic rings. The maximum absolute atomic E-state index is 11.5. The molecule has 80 valence electrons. The van der Waals surface area contributed by atoms with Crippen LogP contribution < -0.4 is 0 Å². The highest BCUT2D eigenvalue weighted by Gasteiger charge is 2.22. The average Bonchev–Trinajstić information content (AvgIpc) is 2.07. The van der Waals surface area contributed by atoms with Crippen molar-refractivity contribution in [3.63, 3.8) is 0 Å². The minimum Gasteiger partial charge on any atom is -0.327 e. The van der Waals surface area contributed by atoms with E-state index < -0.39 is 8.24 Å². The Morgan fingerprint density at radius 1 is 1.21 bits per heavy atom. The van der Waals surface area contributed by atoms with Gasteiger partial charge < -0.3 is 4.67 Å². The molecule has 0 unspecified atom stereocenters. The van der Waals surface area contributed by atoms with Crippen molar-refractivity contribution in [1.29, 1.82) is 0 Å². The lowest BCUT2D eigenvalue weighted by Gasteiger charge is -2.28. The Labute approximate surface area is 87.3 Å². The fourth-order valence-corrected chi connectivity index (χ4v) is 1.72. The first-order valence-electron chi connectivity index (χ1n) is 5.26. The van der Waals surface area contributed by atoms with Crippen LogP contribution in [-0.2, 0) is 4.79 Å². The number of hydrogen-bond acceptors (Lipinski definition) is 3.